The summed E-state index contributed by atoms with van der Waals surface area (Å²) in [5.41, 5.74) is 1.74. The van der Waals surface area contributed by atoms with Gasteiger partial charge in [0.1, 0.15) is 17.1 Å². The number of benzene rings is 2. The number of halogens is 1. The lowest BCUT2D eigenvalue weighted by Crippen LogP contribution is -2.42. The predicted octanol–water partition coefficient (Wildman–Crippen LogP) is 3.63. The fraction of sp³-hybridized carbons (Fsp3) is 0.174. The van der Waals surface area contributed by atoms with Crippen LogP contribution in [0, 0.1) is 19.7 Å². The van der Waals surface area contributed by atoms with Crippen molar-refractivity contribution in [1.29, 1.82) is 0 Å². The standard InChI is InChI=1S/C23H20FN3O3S/c1-14-5-4-6-17(11-14)25(3)20(28)13-26-19-9-10-31-21(19)22(29)27(23(26)30)18-8-7-16(24)12-15(18)2/h4-12H,13H2,1-3H3. The summed E-state index contributed by atoms with van der Waals surface area (Å²) in [4.78, 5) is 40.9. The summed E-state index contributed by atoms with van der Waals surface area (Å²) in [7, 11) is 1.65. The Hall–Kier alpha value is -3.52. The van der Waals surface area contributed by atoms with Gasteiger partial charge >= 0.3 is 5.69 Å². The van der Waals surface area contributed by atoms with Crippen LogP contribution >= 0.6 is 11.3 Å². The van der Waals surface area contributed by atoms with Crippen LogP contribution in [0.5, 0.6) is 0 Å². The highest BCUT2D eigenvalue weighted by atomic mass is 32.1. The second kappa shape index (κ2) is 7.96. The molecular weight excluding hydrogens is 417 g/mol. The summed E-state index contributed by atoms with van der Waals surface area (Å²) in [6, 6.07) is 13.0. The van der Waals surface area contributed by atoms with Crippen molar-refractivity contribution in [2.24, 2.45) is 0 Å². The first kappa shape index (κ1) is 20.7. The van der Waals surface area contributed by atoms with E-state index in [1.807, 2.05) is 31.2 Å². The van der Waals surface area contributed by atoms with Crippen LogP contribution in [-0.4, -0.2) is 22.1 Å². The molecule has 0 bridgehead atoms. The second-order valence-corrected chi connectivity index (χ2v) is 8.28. The smallest absolute Gasteiger partial charge is 0.314 e. The van der Waals surface area contributed by atoms with E-state index < -0.39 is 17.1 Å². The van der Waals surface area contributed by atoms with E-state index in [4.69, 9.17) is 0 Å². The molecule has 2 aromatic carbocycles. The molecule has 6 nitrogen and oxygen atoms in total. The van der Waals surface area contributed by atoms with Crippen LogP contribution in [0.4, 0.5) is 10.1 Å². The predicted molar refractivity (Wildman–Crippen MR) is 121 cm³/mol. The van der Waals surface area contributed by atoms with Crippen LogP contribution in [0.2, 0.25) is 0 Å². The van der Waals surface area contributed by atoms with Crippen molar-refractivity contribution in [3.8, 4) is 5.69 Å². The third kappa shape index (κ3) is 3.70. The fourth-order valence-corrected chi connectivity index (χ4v) is 4.37. The largest absolute Gasteiger partial charge is 0.336 e. The molecule has 0 spiro atoms. The van der Waals surface area contributed by atoms with Crippen LogP contribution in [0.25, 0.3) is 15.9 Å². The number of hydrogen-bond donors (Lipinski definition) is 0. The molecule has 0 aliphatic heterocycles. The molecule has 1 amide bonds. The monoisotopic (exact) mass is 437 g/mol. The number of amides is 1. The number of aromatic nitrogens is 2. The van der Waals surface area contributed by atoms with E-state index in [1.165, 1.54) is 39.0 Å². The van der Waals surface area contributed by atoms with Crippen LogP contribution in [-0.2, 0) is 11.3 Å². The van der Waals surface area contributed by atoms with Crippen LogP contribution in [0.3, 0.4) is 0 Å². The molecule has 31 heavy (non-hydrogen) atoms. The topological polar surface area (TPSA) is 64.3 Å². The molecule has 0 fully saturated rings. The van der Waals surface area contributed by atoms with Crippen molar-refractivity contribution < 1.29 is 9.18 Å². The Labute approximate surface area is 181 Å². The number of aryl methyl sites for hydroxylation is 2. The third-order valence-electron chi connectivity index (χ3n) is 5.21. The van der Waals surface area contributed by atoms with Gasteiger partial charge in [-0.15, -0.1) is 11.3 Å². The van der Waals surface area contributed by atoms with Crippen molar-refractivity contribution >= 4 is 33.1 Å². The minimum atomic E-state index is -0.642. The van der Waals surface area contributed by atoms with Gasteiger partial charge in [0.05, 0.1) is 11.2 Å². The summed E-state index contributed by atoms with van der Waals surface area (Å²) in [6.45, 7) is 3.32. The minimum absolute atomic E-state index is 0.239. The second-order valence-electron chi connectivity index (χ2n) is 7.37. The van der Waals surface area contributed by atoms with Crippen molar-refractivity contribution in [3.05, 3.63) is 91.7 Å². The number of thiophene rings is 1. The van der Waals surface area contributed by atoms with Crippen LogP contribution < -0.4 is 16.1 Å². The van der Waals surface area contributed by atoms with Crippen molar-refractivity contribution in [2.45, 2.75) is 20.4 Å². The zero-order chi connectivity index (χ0) is 22.3. The van der Waals surface area contributed by atoms with E-state index >= 15 is 0 Å². The molecule has 0 saturated heterocycles. The van der Waals surface area contributed by atoms with Crippen LogP contribution in [0.15, 0.2) is 63.5 Å². The van der Waals surface area contributed by atoms with E-state index in [1.54, 1.807) is 25.4 Å². The maximum atomic E-state index is 13.6. The van der Waals surface area contributed by atoms with E-state index in [9.17, 15) is 18.8 Å². The number of carbonyl (C=O) groups is 1. The molecule has 4 aromatic rings. The minimum Gasteiger partial charge on any atom is -0.314 e. The highest BCUT2D eigenvalue weighted by Gasteiger charge is 2.20. The number of likely N-dealkylation sites (N-methyl/N-ethyl adjacent to an activating group) is 1. The van der Waals surface area contributed by atoms with Crippen LogP contribution in [0.1, 0.15) is 11.1 Å². The first-order valence-electron chi connectivity index (χ1n) is 9.60. The zero-order valence-corrected chi connectivity index (χ0v) is 18.1. The molecule has 2 aromatic heterocycles. The fourth-order valence-electron chi connectivity index (χ4n) is 3.54. The first-order valence-corrected chi connectivity index (χ1v) is 10.5. The summed E-state index contributed by atoms with van der Waals surface area (Å²) in [5, 5.41) is 1.71. The van der Waals surface area contributed by atoms with Gasteiger partial charge in [-0.3, -0.25) is 14.2 Å². The average Bonchev–Trinajstić information content (AvgIpc) is 3.22. The maximum Gasteiger partial charge on any atom is 0.336 e. The van der Waals surface area contributed by atoms with Gasteiger partial charge in [-0.05, 0) is 66.8 Å². The number of hydrogen-bond acceptors (Lipinski definition) is 4. The number of anilines is 1. The average molecular weight is 437 g/mol. The van der Waals surface area contributed by atoms with E-state index in [2.05, 4.69) is 0 Å². The van der Waals surface area contributed by atoms with Crippen molar-refractivity contribution in [2.75, 3.05) is 11.9 Å². The molecular formula is C23H20FN3O3S. The van der Waals surface area contributed by atoms with Gasteiger partial charge in [0.25, 0.3) is 5.56 Å². The Morgan fingerprint density at radius 2 is 1.87 bits per heavy atom. The Bertz CT molecular complexity index is 1430. The number of nitrogens with zero attached hydrogens (tertiary/aromatic N) is 3. The number of carbonyl (C=O) groups excluding carboxylic acids is 1. The highest BCUT2D eigenvalue weighted by Crippen LogP contribution is 2.19. The van der Waals surface area contributed by atoms with Gasteiger partial charge < -0.3 is 4.90 Å². The molecule has 0 N–H and O–H groups in total. The lowest BCUT2D eigenvalue weighted by molar-refractivity contribution is -0.118. The summed E-state index contributed by atoms with van der Waals surface area (Å²) < 4.78 is 16.2. The molecule has 0 atom stereocenters. The Morgan fingerprint density at radius 1 is 1.10 bits per heavy atom. The van der Waals surface area contributed by atoms with Gasteiger partial charge in [-0.1, -0.05) is 12.1 Å². The molecule has 0 radical (unpaired) electrons. The zero-order valence-electron chi connectivity index (χ0n) is 17.3. The van der Waals surface area contributed by atoms with E-state index in [0.29, 0.717) is 27.2 Å². The molecule has 158 valence electrons. The molecule has 2 heterocycles. The molecule has 0 saturated carbocycles. The molecule has 8 heteroatoms. The van der Waals surface area contributed by atoms with E-state index in [0.717, 1.165) is 10.1 Å². The number of rotatable bonds is 4. The summed E-state index contributed by atoms with van der Waals surface area (Å²) in [6.07, 6.45) is 0. The normalized spacial score (nSPS) is 11.1. The molecule has 0 unspecified atom stereocenters. The Morgan fingerprint density at radius 3 is 2.58 bits per heavy atom. The first-order chi connectivity index (χ1) is 14.8. The summed E-state index contributed by atoms with van der Waals surface area (Å²) >= 11 is 1.20. The van der Waals surface area contributed by atoms with Crippen molar-refractivity contribution in [3.63, 3.8) is 0 Å². The lowest BCUT2D eigenvalue weighted by Gasteiger charge is -2.19. The Kier molecular flexibility index (Phi) is 5.32. The molecule has 0 aliphatic rings. The van der Waals surface area contributed by atoms with Crippen molar-refractivity contribution in [1.82, 2.24) is 9.13 Å². The SMILES string of the molecule is Cc1cccc(N(C)C(=O)Cn2c(=O)n(-c3ccc(F)cc3C)c(=O)c3sccc32)c1. The molecule has 0 aliphatic carbocycles. The van der Waals surface area contributed by atoms with Gasteiger partial charge in [-0.25, -0.2) is 13.8 Å². The summed E-state index contributed by atoms with van der Waals surface area (Å²) in [5.74, 6) is -0.761. The van der Waals surface area contributed by atoms with E-state index in [-0.39, 0.29) is 12.5 Å². The lowest BCUT2D eigenvalue weighted by atomic mass is 10.2. The van der Waals surface area contributed by atoms with Gasteiger partial charge in [0.2, 0.25) is 5.91 Å². The van der Waals surface area contributed by atoms with Gasteiger partial charge in [-0.2, -0.15) is 0 Å². The maximum absolute atomic E-state index is 13.6. The number of fused-ring (bicyclic) bond motifs is 1. The highest BCUT2D eigenvalue weighted by molar-refractivity contribution is 7.17. The molecule has 4 rings (SSSR count). The van der Waals surface area contributed by atoms with Gasteiger partial charge in [0, 0.05) is 12.7 Å². The Balaban J connectivity index is 1.85. The van der Waals surface area contributed by atoms with Gasteiger partial charge in [0.15, 0.2) is 0 Å². The third-order valence-corrected chi connectivity index (χ3v) is 6.10. The quantitative estimate of drug-likeness (QED) is 0.490.